The number of hydrogen-bond acceptors (Lipinski definition) is 4. The summed E-state index contributed by atoms with van der Waals surface area (Å²) in [4.78, 5) is 9.17. The van der Waals surface area contributed by atoms with Crippen molar-refractivity contribution in [1.82, 2.24) is 0 Å². The number of nitrogens with zero attached hydrogens (tertiary/aromatic N) is 4. The number of para-hydroxylation sites is 2. The maximum Gasteiger partial charge on any atom is 0.0567 e. The fourth-order valence-corrected chi connectivity index (χ4v) is 12.4. The highest BCUT2D eigenvalue weighted by Crippen LogP contribution is 2.42. The van der Waals surface area contributed by atoms with Crippen LogP contribution >= 0.6 is 0 Å². The van der Waals surface area contributed by atoms with E-state index in [-0.39, 0.29) is 0 Å². The lowest BCUT2D eigenvalue weighted by atomic mass is 9.99. The van der Waals surface area contributed by atoms with E-state index in [1.54, 1.807) is 0 Å². The standard InChI is InChI=1S/C45H34N2.C43H34N2/c1-46(45-43-18-10-8-14-37(43)32-38-15-9-11-19-44(38)45)39-26-20-35(21-27-39)36-24-30-42(31-25-36)47(40-16-6-3-7-17-40)41-28-22-34(23-29-41)33-12-4-2-5-13-33;1-44(43-19-11-16-38(32-43)34-14-7-3-8-15-34)39-26-20-36(21-27-39)37-24-30-42(31-25-37)45(40-17-9-4-10-18-40)41-28-22-35(23-29-41)33-12-5-2-6-13-33/h2-32H,1H3;2-32H,1H3. The molecular weight excluding hydrogens is 1110 g/mol. The SMILES string of the molecule is CN(c1ccc(-c2ccc(N(c3ccccc3)c3ccc(-c4ccccc4)cc3)cc2)cc1)c1c2ccccc2cc2ccccc12.CN(c1ccc(-c2ccc(N(c3ccccc3)c3ccc(-c4ccccc4)cc3)cc2)cc1)c1cccc(-c2ccccc2)c1. The third-order valence-electron chi connectivity index (χ3n) is 17.3. The second-order valence-corrected chi connectivity index (χ2v) is 23.1. The van der Waals surface area contributed by atoms with Crippen molar-refractivity contribution in [1.29, 1.82) is 0 Å². The lowest BCUT2D eigenvalue weighted by Crippen LogP contribution is -2.10. The van der Waals surface area contributed by atoms with Gasteiger partial charge in [-0.3, -0.25) is 0 Å². The van der Waals surface area contributed by atoms with Crippen LogP contribution in [0.3, 0.4) is 0 Å². The molecule has 0 unspecified atom stereocenters. The third-order valence-corrected chi connectivity index (χ3v) is 17.3. The highest BCUT2D eigenvalue weighted by molar-refractivity contribution is 6.12. The largest absolute Gasteiger partial charge is 0.345 e. The summed E-state index contributed by atoms with van der Waals surface area (Å²) in [7, 11) is 4.29. The summed E-state index contributed by atoms with van der Waals surface area (Å²) in [6.07, 6.45) is 0. The average molecular weight is 1180 g/mol. The highest BCUT2D eigenvalue weighted by atomic mass is 15.1. The number of benzene rings is 15. The van der Waals surface area contributed by atoms with Crippen LogP contribution in [0.1, 0.15) is 0 Å². The van der Waals surface area contributed by atoms with Gasteiger partial charge >= 0.3 is 0 Å². The second-order valence-electron chi connectivity index (χ2n) is 23.1. The van der Waals surface area contributed by atoms with Crippen molar-refractivity contribution in [2.24, 2.45) is 0 Å². The zero-order chi connectivity index (χ0) is 62.0. The minimum Gasteiger partial charge on any atom is -0.345 e. The molecule has 0 saturated carbocycles. The van der Waals surface area contributed by atoms with Gasteiger partial charge in [0.15, 0.2) is 0 Å². The van der Waals surface area contributed by atoms with Crippen molar-refractivity contribution >= 4 is 78.4 Å². The molecule has 0 atom stereocenters. The van der Waals surface area contributed by atoms with Crippen molar-refractivity contribution in [2.45, 2.75) is 0 Å². The van der Waals surface area contributed by atoms with Crippen LogP contribution in [-0.2, 0) is 0 Å². The predicted octanol–water partition coefficient (Wildman–Crippen LogP) is 24.5. The molecule has 0 fully saturated rings. The molecule has 15 rings (SSSR count). The van der Waals surface area contributed by atoms with Crippen LogP contribution in [0.4, 0.5) is 56.9 Å². The third kappa shape index (κ3) is 12.6. The quantitative estimate of drug-likeness (QED) is 0.0949. The fourth-order valence-electron chi connectivity index (χ4n) is 12.4. The van der Waals surface area contributed by atoms with E-state index < -0.39 is 0 Å². The van der Waals surface area contributed by atoms with Crippen molar-refractivity contribution in [3.05, 3.63) is 376 Å². The molecule has 0 aromatic heterocycles. The molecule has 0 bridgehead atoms. The highest BCUT2D eigenvalue weighted by Gasteiger charge is 2.18. The Morgan fingerprint density at radius 2 is 0.402 bits per heavy atom. The number of fused-ring (bicyclic) bond motifs is 2. The molecule has 4 heteroatoms. The Labute approximate surface area is 540 Å². The molecule has 0 aliphatic rings. The van der Waals surface area contributed by atoms with E-state index in [9.17, 15) is 0 Å². The van der Waals surface area contributed by atoms with Gasteiger partial charge in [-0.15, -0.1) is 0 Å². The Balaban J connectivity index is 0.000000160. The van der Waals surface area contributed by atoms with Gasteiger partial charge in [0, 0.05) is 76.1 Å². The lowest BCUT2D eigenvalue weighted by molar-refractivity contribution is 1.21. The van der Waals surface area contributed by atoms with E-state index >= 15 is 0 Å². The second kappa shape index (κ2) is 26.8. The van der Waals surface area contributed by atoms with E-state index in [1.165, 1.54) is 82.9 Å². The molecule has 92 heavy (non-hydrogen) atoms. The van der Waals surface area contributed by atoms with Crippen molar-refractivity contribution < 1.29 is 0 Å². The van der Waals surface area contributed by atoms with Gasteiger partial charge in [-0.1, -0.05) is 261 Å². The first kappa shape index (κ1) is 57.7. The van der Waals surface area contributed by atoms with Crippen LogP contribution in [0.2, 0.25) is 0 Å². The number of anilines is 10. The monoisotopic (exact) mass is 1180 g/mol. The fraction of sp³-hybridized carbons (Fsp3) is 0.0227. The van der Waals surface area contributed by atoms with Gasteiger partial charge in [0.1, 0.15) is 0 Å². The van der Waals surface area contributed by atoms with Crippen LogP contribution in [-0.4, -0.2) is 14.1 Å². The zero-order valence-electron chi connectivity index (χ0n) is 51.6. The van der Waals surface area contributed by atoms with Crippen LogP contribution in [0.5, 0.6) is 0 Å². The normalized spacial score (nSPS) is 10.9. The summed E-state index contributed by atoms with van der Waals surface area (Å²) < 4.78 is 0. The van der Waals surface area contributed by atoms with Gasteiger partial charge in [-0.05, 0) is 182 Å². The van der Waals surface area contributed by atoms with E-state index in [0.29, 0.717) is 0 Å². The minimum atomic E-state index is 1.12. The summed E-state index contributed by atoms with van der Waals surface area (Å²) in [6.45, 7) is 0. The van der Waals surface area contributed by atoms with E-state index in [4.69, 9.17) is 0 Å². The Morgan fingerprint density at radius 3 is 0.750 bits per heavy atom. The Bertz CT molecular complexity index is 4820. The van der Waals surface area contributed by atoms with Crippen molar-refractivity contribution in [3.63, 3.8) is 0 Å². The van der Waals surface area contributed by atoms with Crippen LogP contribution in [0.15, 0.2) is 376 Å². The lowest BCUT2D eigenvalue weighted by Gasteiger charge is -2.26. The van der Waals surface area contributed by atoms with Gasteiger partial charge in [-0.25, -0.2) is 0 Å². The molecular formula is C88H68N4. The maximum absolute atomic E-state index is 2.32. The summed E-state index contributed by atoms with van der Waals surface area (Å²) in [5.41, 5.74) is 23.5. The van der Waals surface area contributed by atoms with E-state index in [2.05, 4.69) is 410 Å². The summed E-state index contributed by atoms with van der Waals surface area (Å²) in [5.74, 6) is 0. The van der Waals surface area contributed by atoms with Crippen molar-refractivity contribution in [3.8, 4) is 55.6 Å². The van der Waals surface area contributed by atoms with Crippen LogP contribution < -0.4 is 19.6 Å². The molecule has 0 N–H and O–H groups in total. The predicted molar refractivity (Wildman–Crippen MR) is 393 cm³/mol. The molecule has 0 radical (unpaired) electrons. The van der Waals surface area contributed by atoms with Crippen LogP contribution in [0.25, 0.3) is 77.2 Å². The van der Waals surface area contributed by atoms with Gasteiger partial charge in [0.2, 0.25) is 0 Å². The Hall–Kier alpha value is -12.0. The molecule has 15 aromatic rings. The van der Waals surface area contributed by atoms with E-state index in [0.717, 1.165) is 51.2 Å². The molecule has 0 spiro atoms. The van der Waals surface area contributed by atoms with Gasteiger partial charge in [0.05, 0.1) is 5.69 Å². The smallest absolute Gasteiger partial charge is 0.0567 e. The average Bonchev–Trinajstić information content (AvgIpc) is 0.858. The first-order chi connectivity index (χ1) is 45.5. The Kier molecular flexibility index (Phi) is 16.8. The first-order valence-electron chi connectivity index (χ1n) is 31.4. The van der Waals surface area contributed by atoms with Gasteiger partial charge in [0.25, 0.3) is 0 Å². The summed E-state index contributed by atoms with van der Waals surface area (Å²) >= 11 is 0. The minimum absolute atomic E-state index is 1.12. The Morgan fingerprint density at radius 1 is 0.163 bits per heavy atom. The molecule has 0 aliphatic carbocycles. The molecule has 4 nitrogen and oxygen atoms in total. The van der Waals surface area contributed by atoms with E-state index in [1.807, 2.05) is 0 Å². The van der Waals surface area contributed by atoms with Crippen molar-refractivity contribution in [2.75, 3.05) is 33.7 Å². The molecule has 0 heterocycles. The van der Waals surface area contributed by atoms with Gasteiger partial charge < -0.3 is 19.6 Å². The number of rotatable bonds is 15. The number of hydrogen-bond donors (Lipinski definition) is 0. The van der Waals surface area contributed by atoms with Gasteiger partial charge in [-0.2, -0.15) is 0 Å². The molecule has 15 aromatic carbocycles. The maximum atomic E-state index is 2.32. The molecule has 440 valence electrons. The summed E-state index contributed by atoms with van der Waals surface area (Å²) in [6, 6.07) is 134. The molecule has 0 aliphatic heterocycles. The first-order valence-corrected chi connectivity index (χ1v) is 31.4. The topological polar surface area (TPSA) is 13.0 Å². The molecule has 0 saturated heterocycles. The summed E-state index contributed by atoms with van der Waals surface area (Å²) in [5, 5.41) is 5.01. The molecule has 0 amide bonds. The zero-order valence-corrected chi connectivity index (χ0v) is 51.6. The van der Waals surface area contributed by atoms with Crippen LogP contribution in [0, 0.1) is 0 Å².